The van der Waals surface area contributed by atoms with Gasteiger partial charge in [-0.15, -0.1) is 0 Å². The molecule has 0 saturated heterocycles. The summed E-state index contributed by atoms with van der Waals surface area (Å²) >= 11 is 5.96. The highest BCUT2D eigenvalue weighted by Crippen LogP contribution is 2.20. The number of carbonyl (C=O) groups is 3. The van der Waals surface area contributed by atoms with E-state index < -0.39 is 29.7 Å². The van der Waals surface area contributed by atoms with Crippen molar-refractivity contribution in [1.82, 2.24) is 5.32 Å². The average Bonchev–Trinajstić information content (AvgIpc) is 2.68. The smallest absolute Gasteiger partial charge is 0.407 e. The molecule has 31 heavy (non-hydrogen) atoms. The van der Waals surface area contributed by atoms with Gasteiger partial charge in [0.15, 0.2) is 6.10 Å². The van der Waals surface area contributed by atoms with E-state index >= 15 is 0 Å². The molecule has 8 heteroatoms. The van der Waals surface area contributed by atoms with Gasteiger partial charge >= 0.3 is 12.1 Å². The van der Waals surface area contributed by atoms with Gasteiger partial charge in [0.2, 0.25) is 0 Å². The van der Waals surface area contributed by atoms with Gasteiger partial charge in [-0.25, -0.2) is 9.59 Å². The van der Waals surface area contributed by atoms with E-state index in [-0.39, 0.29) is 6.54 Å². The first-order chi connectivity index (χ1) is 14.4. The van der Waals surface area contributed by atoms with Crippen molar-refractivity contribution in [2.45, 2.75) is 52.9 Å². The van der Waals surface area contributed by atoms with Gasteiger partial charge in [-0.2, -0.15) is 0 Å². The quantitative estimate of drug-likeness (QED) is 0.618. The van der Waals surface area contributed by atoms with Crippen LogP contribution in [0.25, 0.3) is 0 Å². The second kappa shape index (κ2) is 10.3. The number of benzene rings is 2. The number of hydrogen-bond donors (Lipinski definition) is 2. The summed E-state index contributed by atoms with van der Waals surface area (Å²) in [6, 6.07) is 11.7. The van der Waals surface area contributed by atoms with Crippen molar-refractivity contribution in [3.63, 3.8) is 0 Å². The number of aryl methyl sites for hydroxylation is 1. The number of carbonyl (C=O) groups excluding carboxylic acids is 3. The molecule has 0 aliphatic rings. The molecule has 0 radical (unpaired) electrons. The minimum Gasteiger partial charge on any atom is -0.449 e. The molecule has 2 rings (SSSR count). The fraction of sp³-hybridized carbons (Fsp3) is 0.348. The second-order valence-corrected chi connectivity index (χ2v) is 8.48. The number of ether oxygens (including phenoxy) is 2. The summed E-state index contributed by atoms with van der Waals surface area (Å²) in [7, 11) is 0. The number of rotatable bonds is 6. The largest absolute Gasteiger partial charge is 0.449 e. The minimum absolute atomic E-state index is 0.252. The lowest BCUT2D eigenvalue weighted by atomic mass is 10.1. The molecular formula is C23H27ClN2O5. The van der Waals surface area contributed by atoms with Gasteiger partial charge in [-0.1, -0.05) is 29.8 Å². The van der Waals surface area contributed by atoms with Crippen LogP contribution in [0.4, 0.5) is 10.5 Å². The molecule has 0 aliphatic carbocycles. The summed E-state index contributed by atoms with van der Waals surface area (Å²) in [5.41, 5.74) is 1.89. The molecule has 7 nitrogen and oxygen atoms in total. The molecule has 0 bridgehead atoms. The van der Waals surface area contributed by atoms with Crippen LogP contribution >= 0.6 is 11.6 Å². The number of esters is 1. The van der Waals surface area contributed by atoms with Crippen LogP contribution in [-0.2, 0) is 20.8 Å². The number of amides is 2. The van der Waals surface area contributed by atoms with Crippen molar-refractivity contribution in [3.8, 4) is 0 Å². The standard InChI is InChI=1S/C23H27ClN2O5/c1-14-6-11-18(24)12-19(14)26-20(27)15(2)30-21(28)17-9-7-16(8-10-17)13-25-22(29)31-23(3,4)5/h6-12,15H,13H2,1-5H3,(H,25,29)(H,26,27). The summed E-state index contributed by atoms with van der Waals surface area (Å²) < 4.78 is 10.4. The third kappa shape index (κ3) is 7.94. The summed E-state index contributed by atoms with van der Waals surface area (Å²) in [5, 5.41) is 5.84. The van der Waals surface area contributed by atoms with Gasteiger partial charge in [0.05, 0.1) is 5.56 Å². The summed E-state index contributed by atoms with van der Waals surface area (Å²) in [5.74, 6) is -1.09. The molecule has 0 fully saturated rings. The Hall–Kier alpha value is -3.06. The first-order valence-corrected chi connectivity index (χ1v) is 10.2. The minimum atomic E-state index is -1.00. The summed E-state index contributed by atoms with van der Waals surface area (Å²) in [6.07, 6.45) is -1.52. The van der Waals surface area contributed by atoms with Crippen molar-refractivity contribution < 1.29 is 23.9 Å². The van der Waals surface area contributed by atoms with Crippen molar-refractivity contribution >= 4 is 35.3 Å². The maximum Gasteiger partial charge on any atom is 0.407 e. The van der Waals surface area contributed by atoms with Crippen LogP contribution in [-0.4, -0.2) is 29.7 Å². The summed E-state index contributed by atoms with van der Waals surface area (Å²) in [4.78, 5) is 36.4. The van der Waals surface area contributed by atoms with Crippen LogP contribution < -0.4 is 10.6 Å². The van der Waals surface area contributed by atoms with Gasteiger partial charge in [0, 0.05) is 17.3 Å². The molecule has 0 saturated carbocycles. The Morgan fingerprint density at radius 2 is 1.71 bits per heavy atom. The van der Waals surface area contributed by atoms with E-state index in [1.54, 1.807) is 63.2 Å². The van der Waals surface area contributed by atoms with Crippen LogP contribution in [0.1, 0.15) is 49.2 Å². The van der Waals surface area contributed by atoms with Crippen LogP contribution in [0.2, 0.25) is 5.02 Å². The summed E-state index contributed by atoms with van der Waals surface area (Å²) in [6.45, 7) is 8.93. The first-order valence-electron chi connectivity index (χ1n) is 9.78. The second-order valence-electron chi connectivity index (χ2n) is 8.05. The van der Waals surface area contributed by atoms with Gasteiger partial charge < -0.3 is 20.1 Å². The monoisotopic (exact) mass is 446 g/mol. The molecular weight excluding hydrogens is 420 g/mol. The van der Waals surface area contributed by atoms with E-state index in [9.17, 15) is 14.4 Å². The van der Waals surface area contributed by atoms with E-state index in [4.69, 9.17) is 21.1 Å². The zero-order chi connectivity index (χ0) is 23.2. The maximum atomic E-state index is 12.4. The zero-order valence-electron chi connectivity index (χ0n) is 18.2. The molecule has 0 spiro atoms. The number of anilines is 1. The maximum absolute atomic E-state index is 12.4. The first kappa shape index (κ1) is 24.2. The third-order valence-corrected chi connectivity index (χ3v) is 4.37. The number of nitrogens with one attached hydrogen (secondary N) is 2. The number of halogens is 1. The van der Waals surface area contributed by atoms with Crippen LogP contribution in [0, 0.1) is 6.92 Å². The molecule has 2 N–H and O–H groups in total. The molecule has 0 heterocycles. The highest BCUT2D eigenvalue weighted by Gasteiger charge is 2.20. The molecule has 0 aliphatic heterocycles. The Balaban J connectivity index is 1.89. The van der Waals surface area contributed by atoms with Crippen molar-refractivity contribution in [3.05, 3.63) is 64.2 Å². The molecule has 2 amide bonds. The highest BCUT2D eigenvalue weighted by molar-refractivity contribution is 6.31. The van der Waals surface area contributed by atoms with Crippen molar-refractivity contribution in [2.24, 2.45) is 0 Å². The SMILES string of the molecule is Cc1ccc(Cl)cc1NC(=O)C(C)OC(=O)c1ccc(CNC(=O)OC(C)(C)C)cc1. The predicted molar refractivity (Wildman–Crippen MR) is 119 cm³/mol. The number of hydrogen-bond acceptors (Lipinski definition) is 5. The van der Waals surface area contributed by atoms with Crippen molar-refractivity contribution in [2.75, 3.05) is 5.32 Å². The van der Waals surface area contributed by atoms with Gasteiger partial charge in [-0.3, -0.25) is 4.79 Å². The lowest BCUT2D eigenvalue weighted by Crippen LogP contribution is -2.32. The number of alkyl carbamates (subject to hydrolysis) is 1. The Morgan fingerprint density at radius 3 is 2.32 bits per heavy atom. The molecule has 2 aromatic carbocycles. The van der Waals surface area contributed by atoms with Crippen LogP contribution in [0.5, 0.6) is 0 Å². The van der Waals surface area contributed by atoms with Gasteiger partial charge in [-0.05, 0) is 70.0 Å². The van der Waals surface area contributed by atoms with Gasteiger partial charge in [0.25, 0.3) is 5.91 Å². The zero-order valence-corrected chi connectivity index (χ0v) is 19.0. The Kier molecular flexibility index (Phi) is 8.05. The Morgan fingerprint density at radius 1 is 1.06 bits per heavy atom. The van der Waals surface area contributed by atoms with Crippen LogP contribution in [0.3, 0.4) is 0 Å². The molecule has 1 unspecified atom stereocenters. The predicted octanol–water partition coefficient (Wildman–Crippen LogP) is 4.86. The van der Waals surface area contributed by atoms with Crippen LogP contribution in [0.15, 0.2) is 42.5 Å². The lowest BCUT2D eigenvalue weighted by Gasteiger charge is -2.19. The topological polar surface area (TPSA) is 93.7 Å². The van der Waals surface area contributed by atoms with Crippen molar-refractivity contribution in [1.29, 1.82) is 0 Å². The third-order valence-electron chi connectivity index (χ3n) is 4.14. The fourth-order valence-electron chi connectivity index (χ4n) is 2.49. The van der Waals surface area contributed by atoms with E-state index in [2.05, 4.69) is 10.6 Å². The lowest BCUT2D eigenvalue weighted by molar-refractivity contribution is -0.123. The molecule has 166 valence electrons. The normalized spacial score (nSPS) is 11.9. The average molecular weight is 447 g/mol. The van der Waals surface area contributed by atoms with Gasteiger partial charge in [0.1, 0.15) is 5.60 Å². The van der Waals surface area contributed by atoms with E-state index in [1.807, 2.05) is 6.92 Å². The molecule has 0 aromatic heterocycles. The van der Waals surface area contributed by atoms with E-state index in [0.29, 0.717) is 16.3 Å². The Bertz CT molecular complexity index is 951. The van der Waals surface area contributed by atoms with E-state index in [0.717, 1.165) is 11.1 Å². The highest BCUT2D eigenvalue weighted by atomic mass is 35.5. The Labute approximate surface area is 187 Å². The molecule has 2 aromatic rings. The van der Waals surface area contributed by atoms with E-state index in [1.165, 1.54) is 6.92 Å². The fourth-order valence-corrected chi connectivity index (χ4v) is 2.66. The molecule has 1 atom stereocenters.